The zero-order valence-corrected chi connectivity index (χ0v) is 12.3. The lowest BCUT2D eigenvalue weighted by Gasteiger charge is -2.13. The molecule has 0 aromatic heterocycles. The first-order valence-corrected chi connectivity index (χ1v) is 6.77. The number of rotatable bonds is 2. The first-order valence-electron chi connectivity index (χ1n) is 5.53. The standard InChI is InChI=1S/C12H13BrN2O2S/c1-15-5-4-9(12(15)17)14-11(16)8-3-2-7(13)6-10(8)18/h2-3,6,9,18H,4-5H2,1H3,(H,14,16). The normalized spacial score (nSPS) is 19.2. The van der Waals surface area contributed by atoms with Gasteiger partial charge in [-0.1, -0.05) is 15.9 Å². The van der Waals surface area contributed by atoms with Crippen molar-refractivity contribution in [1.82, 2.24) is 10.2 Å². The molecule has 96 valence electrons. The van der Waals surface area contributed by atoms with Crippen LogP contribution in [0.4, 0.5) is 0 Å². The van der Waals surface area contributed by atoms with Crippen LogP contribution >= 0.6 is 28.6 Å². The van der Waals surface area contributed by atoms with E-state index in [1.54, 1.807) is 30.1 Å². The lowest BCUT2D eigenvalue weighted by Crippen LogP contribution is -2.40. The average Bonchev–Trinajstić information content (AvgIpc) is 2.61. The first kappa shape index (κ1) is 13.4. The summed E-state index contributed by atoms with van der Waals surface area (Å²) in [5.41, 5.74) is 0.476. The maximum Gasteiger partial charge on any atom is 0.253 e. The Morgan fingerprint density at radius 1 is 1.56 bits per heavy atom. The van der Waals surface area contributed by atoms with Crippen LogP contribution in [0.25, 0.3) is 0 Å². The van der Waals surface area contributed by atoms with E-state index >= 15 is 0 Å². The second-order valence-corrected chi connectivity index (χ2v) is 5.63. The van der Waals surface area contributed by atoms with Gasteiger partial charge >= 0.3 is 0 Å². The number of halogens is 1. The van der Waals surface area contributed by atoms with Gasteiger partial charge in [0.05, 0.1) is 5.56 Å². The number of hydrogen-bond donors (Lipinski definition) is 2. The fourth-order valence-corrected chi connectivity index (χ4v) is 2.74. The molecule has 0 spiro atoms. The molecule has 0 saturated carbocycles. The summed E-state index contributed by atoms with van der Waals surface area (Å²) >= 11 is 7.57. The fraction of sp³-hybridized carbons (Fsp3) is 0.333. The molecule has 6 heteroatoms. The van der Waals surface area contributed by atoms with Crippen molar-refractivity contribution in [3.63, 3.8) is 0 Å². The van der Waals surface area contributed by atoms with Crippen LogP contribution in [0.2, 0.25) is 0 Å². The van der Waals surface area contributed by atoms with Crippen LogP contribution in [0.15, 0.2) is 27.6 Å². The van der Waals surface area contributed by atoms with Gasteiger partial charge in [0.1, 0.15) is 6.04 Å². The molecule has 1 aromatic carbocycles. The molecule has 0 aliphatic carbocycles. The molecule has 1 heterocycles. The van der Waals surface area contributed by atoms with E-state index in [-0.39, 0.29) is 11.8 Å². The number of amides is 2. The lowest BCUT2D eigenvalue weighted by atomic mass is 10.2. The molecule has 1 unspecified atom stereocenters. The molecule has 4 nitrogen and oxygen atoms in total. The third-order valence-corrected chi connectivity index (χ3v) is 3.80. The van der Waals surface area contributed by atoms with Crippen LogP contribution in [0.3, 0.4) is 0 Å². The minimum atomic E-state index is -0.418. The van der Waals surface area contributed by atoms with E-state index in [4.69, 9.17) is 0 Å². The van der Waals surface area contributed by atoms with Gasteiger partial charge in [0, 0.05) is 23.0 Å². The predicted molar refractivity (Wildman–Crippen MR) is 74.9 cm³/mol. The van der Waals surface area contributed by atoms with Crippen molar-refractivity contribution in [3.05, 3.63) is 28.2 Å². The molecule has 2 rings (SSSR count). The number of likely N-dealkylation sites (N-methyl/N-ethyl adjacent to an activating group) is 1. The summed E-state index contributed by atoms with van der Waals surface area (Å²) in [5, 5.41) is 2.74. The fourth-order valence-electron chi connectivity index (χ4n) is 1.89. The zero-order valence-electron chi connectivity index (χ0n) is 9.81. The number of thiol groups is 1. The van der Waals surface area contributed by atoms with Crippen LogP contribution in [0.5, 0.6) is 0 Å². The van der Waals surface area contributed by atoms with Crippen molar-refractivity contribution in [2.75, 3.05) is 13.6 Å². The van der Waals surface area contributed by atoms with Crippen LogP contribution in [-0.4, -0.2) is 36.3 Å². The molecular formula is C12H13BrN2O2S. The van der Waals surface area contributed by atoms with E-state index < -0.39 is 6.04 Å². The molecule has 0 radical (unpaired) electrons. The van der Waals surface area contributed by atoms with E-state index in [1.165, 1.54) is 0 Å². The molecular weight excluding hydrogens is 316 g/mol. The van der Waals surface area contributed by atoms with Gasteiger partial charge in [-0.25, -0.2) is 0 Å². The van der Waals surface area contributed by atoms with E-state index in [9.17, 15) is 9.59 Å². The Kier molecular flexibility index (Phi) is 3.97. The Morgan fingerprint density at radius 2 is 2.28 bits per heavy atom. The maximum atomic E-state index is 12.0. The van der Waals surface area contributed by atoms with Gasteiger partial charge in [0.15, 0.2) is 0 Å². The van der Waals surface area contributed by atoms with Crippen molar-refractivity contribution in [2.45, 2.75) is 17.4 Å². The van der Waals surface area contributed by atoms with Gasteiger partial charge in [-0.2, -0.15) is 0 Å². The van der Waals surface area contributed by atoms with Crippen molar-refractivity contribution >= 4 is 40.4 Å². The van der Waals surface area contributed by atoms with Gasteiger partial charge in [0.25, 0.3) is 5.91 Å². The zero-order chi connectivity index (χ0) is 13.3. The third kappa shape index (κ3) is 2.70. The Balaban J connectivity index is 2.11. The van der Waals surface area contributed by atoms with E-state index in [0.29, 0.717) is 23.4 Å². The van der Waals surface area contributed by atoms with E-state index in [0.717, 1.165) is 4.47 Å². The Hall–Kier alpha value is -1.01. The predicted octanol–water partition coefficient (Wildman–Crippen LogP) is 1.70. The molecule has 1 aromatic rings. The molecule has 1 aliphatic rings. The van der Waals surface area contributed by atoms with Crippen LogP contribution in [-0.2, 0) is 4.79 Å². The molecule has 1 fully saturated rings. The number of hydrogen-bond acceptors (Lipinski definition) is 3. The van der Waals surface area contributed by atoms with E-state index in [2.05, 4.69) is 33.9 Å². The quantitative estimate of drug-likeness (QED) is 0.812. The highest BCUT2D eigenvalue weighted by atomic mass is 79.9. The molecule has 2 amide bonds. The third-order valence-electron chi connectivity index (χ3n) is 2.94. The van der Waals surface area contributed by atoms with E-state index in [1.807, 2.05) is 0 Å². The van der Waals surface area contributed by atoms with Crippen LogP contribution in [0, 0.1) is 0 Å². The van der Waals surface area contributed by atoms with Gasteiger partial charge < -0.3 is 10.2 Å². The molecule has 1 atom stereocenters. The number of carbonyl (C=O) groups excluding carboxylic acids is 2. The minimum absolute atomic E-state index is 0.0406. The maximum absolute atomic E-state index is 12.0. The van der Waals surface area contributed by atoms with Gasteiger partial charge in [-0.05, 0) is 24.6 Å². The van der Waals surface area contributed by atoms with Gasteiger partial charge in [-0.15, -0.1) is 12.6 Å². The van der Waals surface area contributed by atoms with Gasteiger partial charge in [0.2, 0.25) is 5.91 Å². The number of nitrogens with zero attached hydrogens (tertiary/aromatic N) is 1. The Bertz CT molecular complexity index is 507. The summed E-state index contributed by atoms with van der Waals surface area (Å²) in [5.74, 6) is -0.303. The highest BCUT2D eigenvalue weighted by Crippen LogP contribution is 2.20. The molecule has 0 bridgehead atoms. The van der Waals surface area contributed by atoms with Crippen molar-refractivity contribution in [1.29, 1.82) is 0 Å². The van der Waals surface area contributed by atoms with Crippen molar-refractivity contribution < 1.29 is 9.59 Å². The first-order chi connectivity index (χ1) is 8.49. The van der Waals surface area contributed by atoms with Crippen LogP contribution < -0.4 is 5.32 Å². The van der Waals surface area contributed by atoms with Gasteiger partial charge in [-0.3, -0.25) is 9.59 Å². The monoisotopic (exact) mass is 328 g/mol. The molecule has 1 N–H and O–H groups in total. The summed E-state index contributed by atoms with van der Waals surface area (Å²) in [6.45, 7) is 0.678. The SMILES string of the molecule is CN1CCC(NC(=O)c2ccc(Br)cc2S)C1=O. The summed E-state index contributed by atoms with van der Waals surface area (Å²) in [7, 11) is 1.73. The largest absolute Gasteiger partial charge is 0.344 e. The highest BCUT2D eigenvalue weighted by Gasteiger charge is 2.30. The average molecular weight is 329 g/mol. The summed E-state index contributed by atoms with van der Waals surface area (Å²) < 4.78 is 0.862. The second-order valence-electron chi connectivity index (χ2n) is 4.24. The number of carbonyl (C=O) groups is 2. The van der Waals surface area contributed by atoms with Crippen molar-refractivity contribution in [3.8, 4) is 0 Å². The van der Waals surface area contributed by atoms with Crippen molar-refractivity contribution in [2.24, 2.45) is 0 Å². The number of likely N-dealkylation sites (tertiary alicyclic amines) is 1. The summed E-state index contributed by atoms with van der Waals surface area (Å²) in [4.78, 5) is 25.9. The Labute approximate surface area is 119 Å². The summed E-state index contributed by atoms with van der Waals surface area (Å²) in [6.07, 6.45) is 0.652. The summed E-state index contributed by atoms with van der Waals surface area (Å²) in [6, 6.07) is 4.79. The topological polar surface area (TPSA) is 49.4 Å². The number of nitrogens with one attached hydrogen (secondary N) is 1. The molecule has 1 saturated heterocycles. The second kappa shape index (κ2) is 5.32. The molecule has 18 heavy (non-hydrogen) atoms. The minimum Gasteiger partial charge on any atom is -0.344 e. The highest BCUT2D eigenvalue weighted by molar-refractivity contribution is 9.10. The molecule has 1 aliphatic heterocycles. The number of benzene rings is 1. The smallest absolute Gasteiger partial charge is 0.253 e. The Morgan fingerprint density at radius 3 is 2.83 bits per heavy atom. The lowest BCUT2D eigenvalue weighted by molar-refractivity contribution is -0.128. The van der Waals surface area contributed by atoms with Crippen LogP contribution in [0.1, 0.15) is 16.8 Å².